The Bertz CT molecular complexity index is 629. The van der Waals surface area contributed by atoms with E-state index in [2.05, 4.69) is 4.90 Å². The number of nitrogens with zero attached hydrogens (tertiary/aromatic N) is 3. The number of piperazine rings is 2. The van der Waals surface area contributed by atoms with Gasteiger partial charge in [0.25, 0.3) is 0 Å². The Balaban J connectivity index is 1.59. The monoisotopic (exact) mass is 317 g/mol. The molecule has 0 unspecified atom stereocenters. The number of benzene rings is 1. The van der Waals surface area contributed by atoms with E-state index in [4.69, 9.17) is 0 Å². The van der Waals surface area contributed by atoms with Gasteiger partial charge in [-0.15, -0.1) is 0 Å². The van der Waals surface area contributed by atoms with Crippen LogP contribution in [0.5, 0.6) is 0 Å². The van der Waals surface area contributed by atoms with Crippen LogP contribution >= 0.6 is 0 Å². The summed E-state index contributed by atoms with van der Waals surface area (Å²) in [6.45, 7) is 2.79. The molecule has 1 aromatic rings. The van der Waals surface area contributed by atoms with Crippen molar-refractivity contribution in [2.45, 2.75) is 6.04 Å². The molecule has 2 fully saturated rings. The minimum atomic E-state index is -0.366. The summed E-state index contributed by atoms with van der Waals surface area (Å²) in [6.07, 6.45) is 3.94. The maximum atomic E-state index is 12.9. The number of carbonyl (C=O) groups is 2. The molecule has 23 heavy (non-hydrogen) atoms. The predicted molar refractivity (Wildman–Crippen MR) is 85.0 cm³/mol. The van der Waals surface area contributed by atoms with Gasteiger partial charge in [-0.05, 0) is 17.7 Å². The summed E-state index contributed by atoms with van der Waals surface area (Å²) in [5.74, 6) is -0.210. The lowest BCUT2D eigenvalue weighted by Gasteiger charge is -2.45. The number of carbonyl (C=O) groups excluding carboxylic acids is 2. The van der Waals surface area contributed by atoms with Crippen molar-refractivity contribution in [3.05, 3.63) is 41.7 Å². The van der Waals surface area contributed by atoms with Gasteiger partial charge in [-0.3, -0.25) is 14.5 Å². The van der Waals surface area contributed by atoms with Crippen molar-refractivity contribution >= 4 is 17.9 Å². The normalized spacial score (nSPS) is 22.8. The number of hydrogen-bond acceptors (Lipinski definition) is 3. The van der Waals surface area contributed by atoms with Crippen LogP contribution in [0, 0.1) is 5.82 Å². The fourth-order valence-electron chi connectivity index (χ4n) is 3.05. The second kappa shape index (κ2) is 6.50. The highest BCUT2D eigenvalue weighted by atomic mass is 19.1. The van der Waals surface area contributed by atoms with Crippen molar-refractivity contribution in [3.63, 3.8) is 0 Å². The van der Waals surface area contributed by atoms with Crippen molar-refractivity contribution in [1.29, 1.82) is 0 Å². The van der Waals surface area contributed by atoms with E-state index >= 15 is 0 Å². The van der Waals surface area contributed by atoms with Crippen molar-refractivity contribution < 1.29 is 14.0 Å². The summed E-state index contributed by atoms with van der Waals surface area (Å²) >= 11 is 0. The highest BCUT2D eigenvalue weighted by Crippen LogP contribution is 2.17. The lowest BCUT2D eigenvalue weighted by Crippen LogP contribution is -2.66. The molecule has 3 rings (SSSR count). The van der Waals surface area contributed by atoms with Crippen LogP contribution in [-0.4, -0.2) is 72.3 Å². The third kappa shape index (κ3) is 3.42. The number of likely N-dealkylation sites (N-methyl/N-ethyl adjacent to an activating group) is 1. The lowest BCUT2D eigenvalue weighted by molar-refractivity contribution is -0.158. The van der Waals surface area contributed by atoms with Crippen LogP contribution in [0.4, 0.5) is 4.39 Å². The third-order valence-electron chi connectivity index (χ3n) is 4.36. The third-order valence-corrected chi connectivity index (χ3v) is 4.36. The van der Waals surface area contributed by atoms with Gasteiger partial charge in [-0.1, -0.05) is 24.3 Å². The smallest absolute Gasteiger partial charge is 0.246 e. The number of hydrogen-bond donors (Lipinski definition) is 0. The number of rotatable bonds is 3. The van der Waals surface area contributed by atoms with Gasteiger partial charge >= 0.3 is 0 Å². The quantitative estimate of drug-likeness (QED) is 0.829. The Morgan fingerprint density at radius 3 is 2.70 bits per heavy atom. The minimum absolute atomic E-state index is 0.0109. The second-order valence-corrected chi connectivity index (χ2v) is 6.01. The Kier molecular flexibility index (Phi) is 4.43. The molecule has 2 saturated heterocycles. The first-order valence-electron chi connectivity index (χ1n) is 7.73. The molecular weight excluding hydrogens is 297 g/mol. The van der Waals surface area contributed by atoms with Gasteiger partial charge in [0.2, 0.25) is 11.8 Å². The maximum Gasteiger partial charge on any atom is 0.246 e. The molecule has 1 aromatic carbocycles. The van der Waals surface area contributed by atoms with E-state index in [1.165, 1.54) is 17.0 Å². The summed E-state index contributed by atoms with van der Waals surface area (Å²) in [4.78, 5) is 29.6. The molecule has 0 saturated carbocycles. The molecule has 2 aliphatic rings. The average Bonchev–Trinajstić information content (AvgIpc) is 2.54. The summed E-state index contributed by atoms with van der Waals surface area (Å²) in [6, 6.07) is 5.94. The van der Waals surface area contributed by atoms with Crippen molar-refractivity contribution in [1.82, 2.24) is 14.7 Å². The molecule has 2 heterocycles. The number of halogens is 1. The van der Waals surface area contributed by atoms with Gasteiger partial charge in [-0.25, -0.2) is 4.39 Å². The van der Waals surface area contributed by atoms with Gasteiger partial charge in [0.1, 0.15) is 11.9 Å². The SMILES string of the molecule is CN1CC(=O)N2CCN(C/C=C/c3ccc(F)cc3)C[C@H]2C1=O. The summed E-state index contributed by atoms with van der Waals surface area (Å²) in [5, 5.41) is 0. The summed E-state index contributed by atoms with van der Waals surface area (Å²) in [5.41, 5.74) is 0.939. The van der Waals surface area contributed by atoms with Crippen LogP contribution in [0.2, 0.25) is 0 Å². The molecule has 5 nitrogen and oxygen atoms in total. The highest BCUT2D eigenvalue weighted by molar-refractivity contribution is 5.95. The van der Waals surface area contributed by atoms with Gasteiger partial charge in [-0.2, -0.15) is 0 Å². The first-order valence-corrected chi connectivity index (χ1v) is 7.73. The Morgan fingerprint density at radius 2 is 1.96 bits per heavy atom. The van der Waals surface area contributed by atoms with Crippen molar-refractivity contribution in [3.8, 4) is 0 Å². The molecular formula is C17H20FN3O2. The van der Waals surface area contributed by atoms with E-state index < -0.39 is 0 Å². The van der Waals surface area contributed by atoms with Gasteiger partial charge in [0.05, 0.1) is 6.54 Å². The Hall–Kier alpha value is -2.21. The van der Waals surface area contributed by atoms with Crippen LogP contribution in [0.1, 0.15) is 5.56 Å². The fourth-order valence-corrected chi connectivity index (χ4v) is 3.05. The zero-order chi connectivity index (χ0) is 16.4. The van der Waals surface area contributed by atoms with E-state index in [9.17, 15) is 14.0 Å². The Morgan fingerprint density at radius 1 is 1.22 bits per heavy atom. The highest BCUT2D eigenvalue weighted by Gasteiger charge is 2.40. The van der Waals surface area contributed by atoms with Crippen LogP contribution < -0.4 is 0 Å². The predicted octanol–water partition coefficient (Wildman–Crippen LogP) is 0.824. The fraction of sp³-hybridized carbons (Fsp3) is 0.412. The van der Waals surface area contributed by atoms with Crippen molar-refractivity contribution in [2.24, 2.45) is 0 Å². The first kappa shape index (κ1) is 15.7. The molecule has 0 N–H and O–H groups in total. The van der Waals surface area contributed by atoms with E-state index in [1.807, 2.05) is 12.2 Å². The van der Waals surface area contributed by atoms with Crippen LogP contribution in [0.15, 0.2) is 30.3 Å². The largest absolute Gasteiger partial charge is 0.335 e. The van der Waals surface area contributed by atoms with Gasteiger partial charge in [0.15, 0.2) is 0 Å². The topological polar surface area (TPSA) is 43.9 Å². The summed E-state index contributed by atoms with van der Waals surface area (Å²) in [7, 11) is 1.67. The first-order chi connectivity index (χ1) is 11.0. The van der Waals surface area contributed by atoms with Crippen molar-refractivity contribution in [2.75, 3.05) is 39.8 Å². The average molecular weight is 317 g/mol. The van der Waals surface area contributed by atoms with E-state index in [1.54, 1.807) is 24.1 Å². The van der Waals surface area contributed by atoms with E-state index in [-0.39, 0.29) is 30.2 Å². The van der Waals surface area contributed by atoms with E-state index in [0.717, 1.165) is 12.1 Å². The summed E-state index contributed by atoms with van der Waals surface area (Å²) < 4.78 is 12.9. The number of amides is 2. The molecule has 6 heteroatoms. The molecule has 2 aliphatic heterocycles. The van der Waals surface area contributed by atoms with E-state index in [0.29, 0.717) is 19.6 Å². The molecule has 2 amide bonds. The van der Waals surface area contributed by atoms with Gasteiger partial charge in [0, 0.05) is 33.2 Å². The number of fused-ring (bicyclic) bond motifs is 1. The molecule has 0 bridgehead atoms. The minimum Gasteiger partial charge on any atom is -0.335 e. The molecule has 1 atom stereocenters. The molecule has 0 aromatic heterocycles. The second-order valence-electron chi connectivity index (χ2n) is 6.01. The zero-order valence-corrected chi connectivity index (χ0v) is 13.1. The van der Waals surface area contributed by atoms with Crippen LogP contribution in [0.3, 0.4) is 0 Å². The lowest BCUT2D eigenvalue weighted by atomic mass is 10.1. The van der Waals surface area contributed by atoms with Crippen LogP contribution in [-0.2, 0) is 9.59 Å². The standard InChI is InChI=1S/C17H20FN3O2/c1-19-12-16(22)21-10-9-20(11-15(21)17(19)23)8-2-3-13-4-6-14(18)7-5-13/h2-7,15H,8-12H2,1H3/b3-2+/t15-/m0/s1. The Labute approximate surface area is 135 Å². The maximum absolute atomic E-state index is 12.9. The molecule has 0 spiro atoms. The van der Waals surface area contributed by atoms with Gasteiger partial charge < -0.3 is 9.80 Å². The molecule has 0 radical (unpaired) electrons. The van der Waals surface area contributed by atoms with Crippen LogP contribution in [0.25, 0.3) is 6.08 Å². The zero-order valence-electron chi connectivity index (χ0n) is 13.1. The molecule has 0 aliphatic carbocycles. The molecule has 122 valence electrons.